The minimum absolute atomic E-state index is 0.240. The SMILES string of the molecule is CC(C)C(CNCCN(C(=O)OC(C)(C)C)C(C)(C)C)C(C)C. The van der Waals surface area contributed by atoms with Gasteiger partial charge in [0.15, 0.2) is 0 Å². The van der Waals surface area contributed by atoms with Crippen molar-refractivity contribution in [2.24, 2.45) is 17.8 Å². The molecule has 0 rings (SSSR count). The summed E-state index contributed by atoms with van der Waals surface area (Å²) in [6.07, 6.45) is -0.240. The van der Waals surface area contributed by atoms with Crippen LogP contribution in [0.5, 0.6) is 0 Å². The van der Waals surface area contributed by atoms with Crippen molar-refractivity contribution >= 4 is 6.09 Å². The van der Waals surface area contributed by atoms with Gasteiger partial charge in [-0.3, -0.25) is 0 Å². The van der Waals surface area contributed by atoms with E-state index in [4.69, 9.17) is 4.74 Å². The van der Waals surface area contributed by atoms with Gasteiger partial charge in [-0.05, 0) is 65.8 Å². The summed E-state index contributed by atoms with van der Waals surface area (Å²) in [4.78, 5) is 14.2. The number of carbonyl (C=O) groups is 1. The van der Waals surface area contributed by atoms with Gasteiger partial charge in [-0.2, -0.15) is 0 Å². The molecule has 0 atom stereocenters. The lowest BCUT2D eigenvalue weighted by Crippen LogP contribution is -2.50. The molecular formula is C19H40N2O2. The van der Waals surface area contributed by atoms with Crippen molar-refractivity contribution in [3.05, 3.63) is 0 Å². The van der Waals surface area contributed by atoms with Crippen molar-refractivity contribution < 1.29 is 9.53 Å². The number of nitrogens with one attached hydrogen (secondary N) is 1. The molecule has 0 radical (unpaired) electrons. The van der Waals surface area contributed by atoms with Crippen LogP contribution in [0, 0.1) is 17.8 Å². The van der Waals surface area contributed by atoms with E-state index < -0.39 is 5.60 Å². The van der Waals surface area contributed by atoms with E-state index in [1.54, 1.807) is 0 Å². The van der Waals surface area contributed by atoms with Gasteiger partial charge in [0.05, 0.1) is 0 Å². The van der Waals surface area contributed by atoms with E-state index in [2.05, 4.69) is 33.0 Å². The second-order valence-electron chi connectivity index (χ2n) is 9.16. The van der Waals surface area contributed by atoms with Crippen LogP contribution in [0.15, 0.2) is 0 Å². The number of carbonyl (C=O) groups excluding carboxylic acids is 1. The molecule has 4 heteroatoms. The summed E-state index contributed by atoms with van der Waals surface area (Å²) in [7, 11) is 0. The largest absolute Gasteiger partial charge is 0.444 e. The van der Waals surface area contributed by atoms with Gasteiger partial charge in [0.25, 0.3) is 0 Å². The summed E-state index contributed by atoms with van der Waals surface area (Å²) < 4.78 is 5.54. The first kappa shape index (κ1) is 22.2. The summed E-state index contributed by atoms with van der Waals surface area (Å²) in [5.41, 5.74) is -0.714. The zero-order valence-corrected chi connectivity index (χ0v) is 17.1. The number of rotatable bonds is 7. The smallest absolute Gasteiger partial charge is 0.410 e. The molecule has 0 aliphatic carbocycles. The normalized spacial score (nSPS) is 13.1. The van der Waals surface area contributed by atoms with Gasteiger partial charge < -0.3 is 15.0 Å². The van der Waals surface area contributed by atoms with Crippen molar-refractivity contribution in [3.8, 4) is 0 Å². The Hall–Kier alpha value is -0.770. The number of amides is 1. The molecule has 23 heavy (non-hydrogen) atoms. The van der Waals surface area contributed by atoms with E-state index in [1.807, 2.05) is 46.4 Å². The van der Waals surface area contributed by atoms with E-state index >= 15 is 0 Å². The number of hydrogen-bond donors (Lipinski definition) is 1. The molecule has 138 valence electrons. The zero-order valence-electron chi connectivity index (χ0n) is 17.1. The highest BCUT2D eigenvalue weighted by atomic mass is 16.6. The Morgan fingerprint density at radius 1 is 1.00 bits per heavy atom. The summed E-state index contributed by atoms with van der Waals surface area (Å²) in [6.45, 7) is 23.4. The molecule has 0 fully saturated rings. The van der Waals surface area contributed by atoms with E-state index in [1.165, 1.54) is 0 Å². The molecule has 0 unspecified atom stereocenters. The van der Waals surface area contributed by atoms with E-state index in [0.717, 1.165) is 13.1 Å². The van der Waals surface area contributed by atoms with Crippen molar-refractivity contribution in [2.75, 3.05) is 19.6 Å². The summed E-state index contributed by atoms with van der Waals surface area (Å²) >= 11 is 0. The Morgan fingerprint density at radius 2 is 1.48 bits per heavy atom. The number of hydrogen-bond acceptors (Lipinski definition) is 3. The van der Waals surface area contributed by atoms with Crippen LogP contribution in [0.4, 0.5) is 4.79 Å². The molecule has 0 aromatic rings. The minimum Gasteiger partial charge on any atom is -0.444 e. The topological polar surface area (TPSA) is 41.6 Å². The van der Waals surface area contributed by atoms with Gasteiger partial charge in [0.2, 0.25) is 0 Å². The van der Waals surface area contributed by atoms with Crippen LogP contribution in [0.2, 0.25) is 0 Å². The van der Waals surface area contributed by atoms with Gasteiger partial charge in [-0.15, -0.1) is 0 Å². The fourth-order valence-corrected chi connectivity index (χ4v) is 2.72. The standard InChI is InChI=1S/C19H40N2O2/c1-14(2)16(15(3)4)13-20-11-12-21(18(5,6)7)17(22)23-19(8,9)10/h14-16,20H,11-13H2,1-10H3. The molecule has 0 bridgehead atoms. The highest BCUT2D eigenvalue weighted by molar-refractivity contribution is 5.69. The zero-order chi connectivity index (χ0) is 18.4. The molecule has 0 aromatic heterocycles. The maximum absolute atomic E-state index is 12.4. The van der Waals surface area contributed by atoms with Crippen LogP contribution in [0.25, 0.3) is 0 Å². The molecule has 0 aromatic carbocycles. The Labute approximate surface area is 144 Å². The van der Waals surface area contributed by atoms with Crippen LogP contribution in [0.3, 0.4) is 0 Å². The molecule has 0 heterocycles. The van der Waals surface area contributed by atoms with Crippen LogP contribution in [-0.4, -0.2) is 41.8 Å². The van der Waals surface area contributed by atoms with Gasteiger partial charge >= 0.3 is 6.09 Å². The average Bonchev–Trinajstić information content (AvgIpc) is 2.28. The second kappa shape index (κ2) is 8.91. The Balaban J connectivity index is 4.57. The molecule has 0 spiro atoms. The molecule has 1 amide bonds. The fourth-order valence-electron chi connectivity index (χ4n) is 2.72. The van der Waals surface area contributed by atoms with Gasteiger partial charge in [-0.1, -0.05) is 27.7 Å². The highest BCUT2D eigenvalue weighted by Gasteiger charge is 2.30. The van der Waals surface area contributed by atoms with E-state index in [0.29, 0.717) is 24.3 Å². The van der Waals surface area contributed by atoms with Crippen LogP contribution in [-0.2, 0) is 4.74 Å². The maximum atomic E-state index is 12.4. The monoisotopic (exact) mass is 328 g/mol. The molecule has 0 aliphatic rings. The van der Waals surface area contributed by atoms with E-state index in [9.17, 15) is 4.79 Å². The lowest BCUT2D eigenvalue weighted by molar-refractivity contribution is 0.00652. The number of ether oxygens (including phenoxy) is 1. The van der Waals surface area contributed by atoms with Crippen molar-refractivity contribution in [1.82, 2.24) is 10.2 Å². The van der Waals surface area contributed by atoms with Crippen molar-refractivity contribution in [1.29, 1.82) is 0 Å². The number of nitrogens with zero attached hydrogens (tertiary/aromatic N) is 1. The van der Waals surface area contributed by atoms with Crippen LogP contribution < -0.4 is 5.32 Å². The molecule has 0 aliphatic heterocycles. The van der Waals surface area contributed by atoms with Crippen molar-refractivity contribution in [2.45, 2.75) is 80.4 Å². The maximum Gasteiger partial charge on any atom is 0.410 e. The molecule has 0 saturated heterocycles. The Kier molecular flexibility index (Phi) is 8.61. The second-order valence-corrected chi connectivity index (χ2v) is 9.16. The lowest BCUT2D eigenvalue weighted by atomic mass is 9.85. The summed E-state index contributed by atoms with van der Waals surface area (Å²) in [6, 6.07) is 0. The molecule has 1 N–H and O–H groups in total. The fraction of sp³-hybridized carbons (Fsp3) is 0.947. The molecule has 4 nitrogen and oxygen atoms in total. The van der Waals surface area contributed by atoms with Gasteiger partial charge in [0, 0.05) is 18.6 Å². The predicted octanol–water partition coefficient (Wildman–Crippen LogP) is 4.54. The Morgan fingerprint density at radius 3 is 1.83 bits per heavy atom. The highest BCUT2D eigenvalue weighted by Crippen LogP contribution is 2.20. The summed E-state index contributed by atoms with van der Waals surface area (Å²) in [5.74, 6) is 1.97. The molecular weight excluding hydrogens is 288 g/mol. The van der Waals surface area contributed by atoms with E-state index in [-0.39, 0.29) is 11.6 Å². The van der Waals surface area contributed by atoms with Gasteiger partial charge in [0.1, 0.15) is 5.60 Å². The first-order chi connectivity index (χ1) is 10.3. The quantitative estimate of drug-likeness (QED) is 0.698. The third kappa shape index (κ3) is 9.19. The summed E-state index contributed by atoms with van der Waals surface area (Å²) in [5, 5.41) is 3.52. The minimum atomic E-state index is -0.464. The average molecular weight is 329 g/mol. The van der Waals surface area contributed by atoms with Gasteiger partial charge in [-0.25, -0.2) is 4.79 Å². The first-order valence-corrected chi connectivity index (χ1v) is 8.97. The first-order valence-electron chi connectivity index (χ1n) is 8.97. The molecule has 0 saturated carbocycles. The van der Waals surface area contributed by atoms with Crippen LogP contribution in [0.1, 0.15) is 69.2 Å². The Bertz CT molecular complexity index is 343. The third-order valence-corrected chi connectivity index (χ3v) is 4.03. The van der Waals surface area contributed by atoms with Crippen LogP contribution >= 0.6 is 0 Å². The van der Waals surface area contributed by atoms with Crippen molar-refractivity contribution in [3.63, 3.8) is 0 Å². The predicted molar refractivity (Wildman–Crippen MR) is 98.7 cm³/mol. The lowest BCUT2D eigenvalue weighted by Gasteiger charge is -2.37. The third-order valence-electron chi connectivity index (χ3n) is 4.03.